The van der Waals surface area contributed by atoms with Crippen molar-refractivity contribution in [3.05, 3.63) is 16.3 Å². The molecule has 118 valence electrons. The van der Waals surface area contributed by atoms with Gasteiger partial charge in [-0.15, -0.1) is 11.3 Å². The minimum absolute atomic E-state index is 0.0776. The summed E-state index contributed by atoms with van der Waals surface area (Å²) in [5, 5.41) is 10.0. The summed E-state index contributed by atoms with van der Waals surface area (Å²) < 4.78 is 31.2. The molecule has 7 nitrogen and oxygen atoms in total. The number of ether oxygens (including phenoxy) is 1. The summed E-state index contributed by atoms with van der Waals surface area (Å²) in [5.41, 5.74) is 0. The van der Waals surface area contributed by atoms with Crippen LogP contribution >= 0.6 is 11.3 Å². The van der Waals surface area contributed by atoms with Crippen LogP contribution in [0.5, 0.6) is 0 Å². The third-order valence-electron chi connectivity index (χ3n) is 2.59. The van der Waals surface area contributed by atoms with E-state index in [0.29, 0.717) is 0 Å². The maximum absolute atomic E-state index is 12.2. The molecule has 0 aliphatic heterocycles. The van der Waals surface area contributed by atoms with Gasteiger partial charge in [-0.1, -0.05) is 13.8 Å². The van der Waals surface area contributed by atoms with Crippen LogP contribution in [0.4, 0.5) is 0 Å². The Morgan fingerprint density at radius 3 is 2.48 bits per heavy atom. The van der Waals surface area contributed by atoms with E-state index in [4.69, 9.17) is 5.11 Å². The normalized spacial score (nSPS) is 13.1. The zero-order valence-electron chi connectivity index (χ0n) is 11.8. The molecule has 1 atom stereocenters. The Kier molecular flexibility index (Phi) is 5.87. The van der Waals surface area contributed by atoms with Crippen molar-refractivity contribution in [2.45, 2.75) is 31.2 Å². The maximum Gasteiger partial charge on any atom is 0.345 e. The fourth-order valence-corrected chi connectivity index (χ4v) is 3.94. The Morgan fingerprint density at radius 2 is 2.05 bits per heavy atom. The monoisotopic (exact) mass is 335 g/mol. The molecule has 21 heavy (non-hydrogen) atoms. The predicted molar refractivity (Wildman–Crippen MR) is 76.9 cm³/mol. The van der Waals surface area contributed by atoms with Gasteiger partial charge in [-0.2, -0.15) is 4.72 Å². The van der Waals surface area contributed by atoms with Crippen LogP contribution in [0, 0.1) is 5.92 Å². The largest absolute Gasteiger partial charge is 0.477 e. The first kappa shape index (κ1) is 17.6. The third kappa shape index (κ3) is 4.80. The second kappa shape index (κ2) is 7.01. The van der Waals surface area contributed by atoms with Gasteiger partial charge in [-0.05, 0) is 18.4 Å². The van der Waals surface area contributed by atoms with Gasteiger partial charge in [0, 0.05) is 5.38 Å². The van der Waals surface area contributed by atoms with Crippen LogP contribution in [-0.4, -0.2) is 38.6 Å². The summed E-state index contributed by atoms with van der Waals surface area (Å²) >= 11 is 0.805. The SMILES string of the molecule is COC(=O)C(CC(C)C)NS(=O)(=O)c1csc(C(=O)O)c1. The van der Waals surface area contributed by atoms with E-state index in [9.17, 15) is 18.0 Å². The summed E-state index contributed by atoms with van der Waals surface area (Å²) in [6, 6.07) is 0.0483. The van der Waals surface area contributed by atoms with Crippen molar-refractivity contribution in [2.75, 3.05) is 7.11 Å². The van der Waals surface area contributed by atoms with E-state index in [1.165, 1.54) is 12.5 Å². The Balaban J connectivity index is 2.99. The zero-order chi connectivity index (χ0) is 16.2. The highest BCUT2D eigenvalue weighted by Crippen LogP contribution is 2.20. The maximum atomic E-state index is 12.2. The molecule has 0 bridgehead atoms. The van der Waals surface area contributed by atoms with Gasteiger partial charge >= 0.3 is 11.9 Å². The number of carboxylic acid groups (broad SMARTS) is 1. The standard InChI is InChI=1S/C12H17NO6S2/c1-7(2)4-9(12(16)19-3)13-21(17,18)8-5-10(11(14)15)20-6-8/h5-7,9,13H,4H2,1-3H3,(H,14,15). The molecule has 0 saturated carbocycles. The molecule has 1 heterocycles. The fraction of sp³-hybridized carbons (Fsp3) is 0.500. The molecular formula is C12H17NO6S2. The third-order valence-corrected chi connectivity index (χ3v) is 5.11. The molecule has 0 aliphatic rings. The van der Waals surface area contributed by atoms with Crippen LogP contribution in [0.25, 0.3) is 0 Å². The highest BCUT2D eigenvalue weighted by molar-refractivity contribution is 7.89. The van der Waals surface area contributed by atoms with Crippen molar-refractivity contribution in [1.82, 2.24) is 4.72 Å². The lowest BCUT2D eigenvalue weighted by molar-refractivity contribution is -0.143. The molecule has 0 spiro atoms. The second-order valence-corrected chi connectivity index (χ2v) is 7.40. The Labute approximate surface area is 127 Å². The number of nitrogens with one attached hydrogen (secondary N) is 1. The van der Waals surface area contributed by atoms with Gasteiger partial charge in [-0.3, -0.25) is 4.79 Å². The molecular weight excluding hydrogens is 318 g/mol. The smallest absolute Gasteiger partial charge is 0.345 e. The van der Waals surface area contributed by atoms with Crippen LogP contribution in [-0.2, 0) is 19.6 Å². The lowest BCUT2D eigenvalue weighted by atomic mass is 10.1. The van der Waals surface area contributed by atoms with Crippen molar-refractivity contribution in [3.8, 4) is 0 Å². The number of thiophene rings is 1. The molecule has 0 saturated heterocycles. The molecule has 2 N–H and O–H groups in total. The first-order valence-electron chi connectivity index (χ1n) is 6.09. The second-order valence-electron chi connectivity index (χ2n) is 4.78. The summed E-state index contributed by atoms with van der Waals surface area (Å²) in [5.74, 6) is -1.80. The molecule has 0 fully saturated rings. The predicted octanol–water partition coefficient (Wildman–Crippen LogP) is 1.31. The van der Waals surface area contributed by atoms with Crippen LogP contribution in [0.2, 0.25) is 0 Å². The fourth-order valence-electron chi connectivity index (χ4n) is 1.63. The number of rotatable bonds is 7. The summed E-state index contributed by atoms with van der Waals surface area (Å²) in [7, 11) is -2.80. The van der Waals surface area contributed by atoms with Crippen LogP contribution in [0.15, 0.2) is 16.3 Å². The lowest BCUT2D eigenvalue weighted by Crippen LogP contribution is -2.42. The number of hydrogen-bond donors (Lipinski definition) is 2. The number of sulfonamides is 1. The average Bonchev–Trinajstić information content (AvgIpc) is 2.86. The van der Waals surface area contributed by atoms with Gasteiger partial charge in [0.2, 0.25) is 10.0 Å². The van der Waals surface area contributed by atoms with Gasteiger partial charge in [-0.25, -0.2) is 13.2 Å². The highest BCUT2D eigenvalue weighted by atomic mass is 32.2. The summed E-state index contributed by atoms with van der Waals surface area (Å²) in [6.07, 6.45) is 0.280. The van der Waals surface area contributed by atoms with Gasteiger partial charge in [0.15, 0.2) is 0 Å². The van der Waals surface area contributed by atoms with Gasteiger partial charge in [0.05, 0.1) is 12.0 Å². The van der Waals surface area contributed by atoms with Gasteiger partial charge in [0.1, 0.15) is 10.9 Å². The molecule has 0 aliphatic carbocycles. The molecule has 1 rings (SSSR count). The Hall–Kier alpha value is -1.45. The summed E-state index contributed by atoms with van der Waals surface area (Å²) in [6.45, 7) is 3.69. The Bertz CT molecular complexity index is 619. The van der Waals surface area contributed by atoms with E-state index in [0.717, 1.165) is 17.4 Å². The van der Waals surface area contributed by atoms with Crippen molar-refractivity contribution < 1.29 is 27.9 Å². The first-order valence-corrected chi connectivity index (χ1v) is 8.45. The molecule has 1 aromatic rings. The van der Waals surface area contributed by atoms with Crippen LogP contribution < -0.4 is 4.72 Å². The van der Waals surface area contributed by atoms with E-state index in [2.05, 4.69) is 9.46 Å². The van der Waals surface area contributed by atoms with Crippen molar-refractivity contribution in [1.29, 1.82) is 0 Å². The van der Waals surface area contributed by atoms with Gasteiger partial charge < -0.3 is 9.84 Å². The van der Waals surface area contributed by atoms with E-state index in [-0.39, 0.29) is 22.1 Å². The minimum atomic E-state index is -3.98. The average molecular weight is 335 g/mol. The molecule has 0 radical (unpaired) electrons. The minimum Gasteiger partial charge on any atom is -0.477 e. The number of aromatic carboxylic acids is 1. The highest BCUT2D eigenvalue weighted by Gasteiger charge is 2.28. The number of carbonyl (C=O) groups excluding carboxylic acids is 1. The van der Waals surface area contributed by atoms with E-state index >= 15 is 0 Å². The van der Waals surface area contributed by atoms with Crippen molar-refractivity contribution in [3.63, 3.8) is 0 Å². The molecule has 0 amide bonds. The van der Waals surface area contributed by atoms with Crippen molar-refractivity contribution >= 4 is 33.3 Å². The number of hydrogen-bond acceptors (Lipinski definition) is 6. The zero-order valence-corrected chi connectivity index (χ0v) is 13.5. The Morgan fingerprint density at radius 1 is 1.43 bits per heavy atom. The van der Waals surface area contributed by atoms with E-state index in [1.807, 2.05) is 13.8 Å². The molecule has 0 aromatic carbocycles. The summed E-state index contributed by atoms with van der Waals surface area (Å²) in [4.78, 5) is 22.1. The number of methoxy groups -OCH3 is 1. The molecule has 1 aromatic heterocycles. The lowest BCUT2D eigenvalue weighted by Gasteiger charge is -2.17. The molecule has 9 heteroatoms. The number of esters is 1. The van der Waals surface area contributed by atoms with E-state index in [1.54, 1.807) is 0 Å². The quantitative estimate of drug-likeness (QED) is 0.727. The topological polar surface area (TPSA) is 110 Å². The van der Waals surface area contributed by atoms with E-state index < -0.39 is 28.0 Å². The van der Waals surface area contributed by atoms with Gasteiger partial charge in [0.25, 0.3) is 0 Å². The number of carboxylic acids is 1. The first-order chi connectivity index (χ1) is 9.67. The molecule has 1 unspecified atom stereocenters. The number of carbonyl (C=O) groups is 2. The van der Waals surface area contributed by atoms with Crippen LogP contribution in [0.1, 0.15) is 29.9 Å². The van der Waals surface area contributed by atoms with Crippen LogP contribution in [0.3, 0.4) is 0 Å². The van der Waals surface area contributed by atoms with Crippen molar-refractivity contribution in [2.24, 2.45) is 5.92 Å².